The van der Waals surface area contributed by atoms with Crippen LogP contribution in [0.1, 0.15) is 19.3 Å². The molecular formula is C12H23N3O2S. The predicted octanol–water partition coefficient (Wildman–Crippen LogP) is 0.137. The van der Waals surface area contributed by atoms with Crippen LogP contribution in [0.25, 0.3) is 0 Å². The Balaban J connectivity index is 2.12. The van der Waals surface area contributed by atoms with Gasteiger partial charge in [0.15, 0.2) is 0 Å². The SMILES string of the molecule is COCCCNC(=O)CN1CCC(C(N)=S)CC1. The van der Waals surface area contributed by atoms with Crippen molar-refractivity contribution < 1.29 is 9.53 Å². The van der Waals surface area contributed by atoms with Gasteiger partial charge in [-0.3, -0.25) is 9.69 Å². The molecule has 0 spiro atoms. The van der Waals surface area contributed by atoms with Crippen molar-refractivity contribution in [1.29, 1.82) is 0 Å². The molecule has 0 aromatic carbocycles. The number of likely N-dealkylation sites (tertiary alicyclic amines) is 1. The second-order valence-corrected chi connectivity index (χ2v) is 5.12. The van der Waals surface area contributed by atoms with Crippen LogP contribution in [-0.4, -0.2) is 55.7 Å². The highest BCUT2D eigenvalue weighted by Gasteiger charge is 2.22. The van der Waals surface area contributed by atoms with Gasteiger partial charge in [-0.05, 0) is 32.4 Å². The fourth-order valence-electron chi connectivity index (χ4n) is 2.08. The van der Waals surface area contributed by atoms with E-state index in [9.17, 15) is 4.79 Å². The van der Waals surface area contributed by atoms with Crippen LogP contribution in [0.2, 0.25) is 0 Å². The molecule has 1 fully saturated rings. The first-order chi connectivity index (χ1) is 8.63. The molecule has 1 amide bonds. The van der Waals surface area contributed by atoms with Crippen molar-refractivity contribution in [3.63, 3.8) is 0 Å². The Hall–Kier alpha value is -0.720. The molecule has 1 heterocycles. The molecule has 0 bridgehead atoms. The Kier molecular flexibility index (Phi) is 7.15. The Morgan fingerprint density at radius 2 is 2.17 bits per heavy atom. The Morgan fingerprint density at radius 1 is 1.50 bits per heavy atom. The average molecular weight is 273 g/mol. The highest BCUT2D eigenvalue weighted by molar-refractivity contribution is 7.80. The molecule has 3 N–H and O–H groups in total. The van der Waals surface area contributed by atoms with E-state index in [0.29, 0.717) is 30.6 Å². The van der Waals surface area contributed by atoms with Gasteiger partial charge >= 0.3 is 0 Å². The summed E-state index contributed by atoms with van der Waals surface area (Å²) in [5, 5.41) is 2.89. The van der Waals surface area contributed by atoms with E-state index in [1.54, 1.807) is 7.11 Å². The summed E-state index contributed by atoms with van der Waals surface area (Å²) in [4.78, 5) is 14.4. The molecule has 0 atom stereocenters. The van der Waals surface area contributed by atoms with Crippen LogP contribution in [0, 0.1) is 5.92 Å². The lowest BCUT2D eigenvalue weighted by atomic mass is 9.97. The van der Waals surface area contributed by atoms with Crippen LogP contribution in [0.5, 0.6) is 0 Å². The van der Waals surface area contributed by atoms with Crippen molar-refractivity contribution in [3.8, 4) is 0 Å². The third kappa shape index (κ3) is 5.75. The second kappa shape index (κ2) is 8.39. The molecule has 0 radical (unpaired) electrons. The Labute approximate surface area is 114 Å². The molecule has 0 unspecified atom stereocenters. The molecule has 1 rings (SSSR count). The number of thiocarbonyl (C=S) groups is 1. The summed E-state index contributed by atoms with van der Waals surface area (Å²) < 4.78 is 4.92. The second-order valence-electron chi connectivity index (χ2n) is 4.65. The third-order valence-electron chi connectivity index (χ3n) is 3.20. The van der Waals surface area contributed by atoms with E-state index in [1.165, 1.54) is 0 Å². The average Bonchev–Trinajstić information content (AvgIpc) is 2.35. The van der Waals surface area contributed by atoms with Gasteiger partial charge in [0.25, 0.3) is 0 Å². The molecular weight excluding hydrogens is 250 g/mol. The maximum absolute atomic E-state index is 11.6. The van der Waals surface area contributed by atoms with Gasteiger partial charge < -0.3 is 15.8 Å². The van der Waals surface area contributed by atoms with Gasteiger partial charge in [0.05, 0.1) is 11.5 Å². The summed E-state index contributed by atoms with van der Waals surface area (Å²) in [5.41, 5.74) is 5.63. The summed E-state index contributed by atoms with van der Waals surface area (Å²) in [7, 11) is 1.66. The highest BCUT2D eigenvalue weighted by atomic mass is 32.1. The first-order valence-corrected chi connectivity index (χ1v) is 6.81. The van der Waals surface area contributed by atoms with Crippen LogP contribution in [0.15, 0.2) is 0 Å². The van der Waals surface area contributed by atoms with Gasteiger partial charge in [-0.15, -0.1) is 0 Å². The molecule has 0 aromatic heterocycles. The van der Waals surface area contributed by atoms with Crippen LogP contribution in [-0.2, 0) is 9.53 Å². The number of carbonyl (C=O) groups is 1. The fourth-order valence-corrected chi connectivity index (χ4v) is 2.31. The topological polar surface area (TPSA) is 67.6 Å². The normalized spacial score (nSPS) is 17.6. The number of piperidine rings is 1. The lowest BCUT2D eigenvalue weighted by molar-refractivity contribution is -0.122. The zero-order chi connectivity index (χ0) is 13.4. The largest absolute Gasteiger partial charge is 0.393 e. The maximum Gasteiger partial charge on any atom is 0.234 e. The van der Waals surface area contributed by atoms with E-state index in [-0.39, 0.29) is 5.91 Å². The number of nitrogens with two attached hydrogens (primary N) is 1. The summed E-state index contributed by atoms with van der Waals surface area (Å²) in [6.45, 7) is 3.62. The standard InChI is InChI=1S/C12H23N3O2S/c1-17-8-2-5-14-11(16)9-15-6-3-10(4-7-15)12(13)18/h10H,2-9H2,1H3,(H2,13,18)(H,14,16). The molecule has 104 valence electrons. The minimum Gasteiger partial charge on any atom is -0.393 e. The minimum atomic E-state index is 0.0832. The summed E-state index contributed by atoms with van der Waals surface area (Å²) in [6, 6.07) is 0. The van der Waals surface area contributed by atoms with Crippen molar-refractivity contribution in [3.05, 3.63) is 0 Å². The Morgan fingerprint density at radius 3 is 2.72 bits per heavy atom. The van der Waals surface area contributed by atoms with Gasteiger partial charge in [-0.1, -0.05) is 12.2 Å². The van der Waals surface area contributed by atoms with Crippen molar-refractivity contribution in [2.45, 2.75) is 19.3 Å². The van der Waals surface area contributed by atoms with Gasteiger partial charge in [0, 0.05) is 26.2 Å². The summed E-state index contributed by atoms with van der Waals surface area (Å²) in [6.07, 6.45) is 2.78. The van der Waals surface area contributed by atoms with Crippen molar-refractivity contribution in [1.82, 2.24) is 10.2 Å². The molecule has 1 aliphatic heterocycles. The smallest absolute Gasteiger partial charge is 0.234 e. The predicted molar refractivity (Wildman–Crippen MR) is 75.5 cm³/mol. The van der Waals surface area contributed by atoms with Gasteiger partial charge in [0.2, 0.25) is 5.91 Å². The number of carbonyl (C=O) groups excluding carboxylic acids is 1. The van der Waals surface area contributed by atoms with E-state index >= 15 is 0 Å². The molecule has 5 nitrogen and oxygen atoms in total. The number of nitrogens with zero attached hydrogens (tertiary/aromatic N) is 1. The summed E-state index contributed by atoms with van der Waals surface area (Å²) in [5.74, 6) is 0.431. The van der Waals surface area contributed by atoms with E-state index in [0.717, 1.165) is 32.4 Å². The first kappa shape index (κ1) is 15.3. The number of ether oxygens (including phenoxy) is 1. The monoisotopic (exact) mass is 273 g/mol. The zero-order valence-electron chi connectivity index (χ0n) is 11.0. The van der Waals surface area contributed by atoms with E-state index in [1.807, 2.05) is 0 Å². The fraction of sp³-hybridized carbons (Fsp3) is 0.833. The van der Waals surface area contributed by atoms with Gasteiger partial charge in [-0.2, -0.15) is 0 Å². The molecule has 6 heteroatoms. The minimum absolute atomic E-state index is 0.0832. The first-order valence-electron chi connectivity index (χ1n) is 6.40. The van der Waals surface area contributed by atoms with E-state index < -0.39 is 0 Å². The molecule has 0 aliphatic carbocycles. The summed E-state index contributed by atoms with van der Waals surface area (Å²) >= 11 is 4.99. The molecule has 1 aliphatic rings. The molecule has 1 saturated heterocycles. The van der Waals surface area contributed by atoms with Crippen molar-refractivity contribution in [2.75, 3.05) is 39.9 Å². The number of rotatable bonds is 7. The maximum atomic E-state index is 11.6. The molecule has 0 aromatic rings. The zero-order valence-corrected chi connectivity index (χ0v) is 11.8. The Bertz CT molecular complexity index is 278. The van der Waals surface area contributed by atoms with Crippen LogP contribution in [0.3, 0.4) is 0 Å². The number of amides is 1. The lowest BCUT2D eigenvalue weighted by Crippen LogP contribution is -2.43. The van der Waals surface area contributed by atoms with Crippen LogP contribution >= 0.6 is 12.2 Å². The lowest BCUT2D eigenvalue weighted by Gasteiger charge is -2.30. The number of nitrogens with one attached hydrogen (secondary N) is 1. The number of methoxy groups -OCH3 is 1. The molecule has 18 heavy (non-hydrogen) atoms. The van der Waals surface area contributed by atoms with Crippen molar-refractivity contribution in [2.24, 2.45) is 11.7 Å². The third-order valence-corrected chi connectivity index (χ3v) is 3.54. The number of hydrogen-bond acceptors (Lipinski definition) is 4. The van der Waals surface area contributed by atoms with E-state index in [4.69, 9.17) is 22.7 Å². The molecule has 0 saturated carbocycles. The highest BCUT2D eigenvalue weighted by Crippen LogP contribution is 2.16. The van der Waals surface area contributed by atoms with Crippen molar-refractivity contribution >= 4 is 23.1 Å². The van der Waals surface area contributed by atoms with Crippen LogP contribution in [0.4, 0.5) is 0 Å². The van der Waals surface area contributed by atoms with E-state index in [2.05, 4.69) is 10.2 Å². The van der Waals surface area contributed by atoms with Gasteiger partial charge in [0.1, 0.15) is 0 Å². The number of hydrogen-bond donors (Lipinski definition) is 2. The van der Waals surface area contributed by atoms with Gasteiger partial charge in [-0.25, -0.2) is 0 Å². The van der Waals surface area contributed by atoms with Crippen LogP contribution < -0.4 is 11.1 Å². The quantitative estimate of drug-likeness (QED) is 0.510.